The number of carbonyl (C=O) groups is 1. The SMILES string of the molecule is CC#CC(=O)N1CCN(c2ccc3ncnc(Nc4ccc(O[C@H](CC)COC)c(C)c4)c3n2)CC1. The van der Waals surface area contributed by atoms with E-state index in [4.69, 9.17) is 14.5 Å². The number of benzene rings is 1. The summed E-state index contributed by atoms with van der Waals surface area (Å²) in [5.74, 6) is 7.46. The Kier molecular flexibility index (Phi) is 8.18. The first-order chi connectivity index (χ1) is 17.5. The molecule has 3 heterocycles. The molecule has 188 valence electrons. The lowest BCUT2D eigenvalue weighted by Crippen LogP contribution is -2.48. The number of nitrogens with one attached hydrogen (secondary N) is 1. The molecule has 0 unspecified atom stereocenters. The molecule has 1 aliphatic heterocycles. The lowest BCUT2D eigenvalue weighted by atomic mass is 10.2. The van der Waals surface area contributed by atoms with Crippen molar-refractivity contribution in [3.05, 3.63) is 42.2 Å². The van der Waals surface area contributed by atoms with Crippen LogP contribution in [0.15, 0.2) is 36.7 Å². The first-order valence-electron chi connectivity index (χ1n) is 12.1. The molecule has 1 saturated heterocycles. The van der Waals surface area contributed by atoms with Crippen LogP contribution in [-0.2, 0) is 9.53 Å². The molecule has 0 bridgehead atoms. The standard InChI is InChI=1S/C27H32N6O3/c1-5-7-25(34)33-14-12-32(13-15-33)24-11-9-22-26(31-24)27(29-18-28-22)30-20-8-10-23(19(3)16-20)36-21(6-2)17-35-4/h8-11,16,18,21H,6,12-15,17H2,1-4H3,(H,28,29,30)/t21-/m1/s1. The molecule has 1 fully saturated rings. The van der Waals surface area contributed by atoms with Crippen LogP contribution in [0.5, 0.6) is 5.75 Å². The quantitative estimate of drug-likeness (QED) is 0.481. The molecular weight excluding hydrogens is 456 g/mol. The summed E-state index contributed by atoms with van der Waals surface area (Å²) in [6.07, 6.45) is 2.42. The van der Waals surface area contributed by atoms with E-state index in [1.807, 2.05) is 37.3 Å². The Morgan fingerprint density at radius 1 is 1.17 bits per heavy atom. The van der Waals surface area contributed by atoms with Crippen molar-refractivity contribution in [1.82, 2.24) is 19.9 Å². The number of pyridine rings is 1. The van der Waals surface area contributed by atoms with Crippen molar-refractivity contribution in [3.63, 3.8) is 0 Å². The van der Waals surface area contributed by atoms with Gasteiger partial charge in [0.15, 0.2) is 5.82 Å². The molecule has 0 radical (unpaired) electrons. The number of methoxy groups -OCH3 is 1. The van der Waals surface area contributed by atoms with Crippen LogP contribution in [0.4, 0.5) is 17.3 Å². The molecule has 1 amide bonds. The number of anilines is 3. The molecule has 9 nitrogen and oxygen atoms in total. The Morgan fingerprint density at radius 3 is 2.67 bits per heavy atom. The average molecular weight is 489 g/mol. The Labute approximate surface area is 211 Å². The number of hydrogen-bond acceptors (Lipinski definition) is 8. The van der Waals surface area contributed by atoms with Gasteiger partial charge in [-0.25, -0.2) is 15.0 Å². The van der Waals surface area contributed by atoms with Crippen molar-refractivity contribution >= 4 is 34.3 Å². The van der Waals surface area contributed by atoms with Crippen LogP contribution in [0.2, 0.25) is 0 Å². The predicted molar refractivity (Wildman–Crippen MR) is 141 cm³/mol. The van der Waals surface area contributed by atoms with Crippen LogP contribution in [-0.4, -0.2) is 71.8 Å². The highest BCUT2D eigenvalue weighted by atomic mass is 16.5. The summed E-state index contributed by atoms with van der Waals surface area (Å²) < 4.78 is 11.3. The van der Waals surface area contributed by atoms with Gasteiger partial charge >= 0.3 is 0 Å². The van der Waals surface area contributed by atoms with E-state index in [-0.39, 0.29) is 12.0 Å². The normalized spacial score (nSPS) is 14.2. The molecule has 1 aromatic carbocycles. The van der Waals surface area contributed by atoms with E-state index in [1.165, 1.54) is 6.33 Å². The summed E-state index contributed by atoms with van der Waals surface area (Å²) in [5, 5.41) is 3.39. The Morgan fingerprint density at radius 2 is 1.97 bits per heavy atom. The zero-order valence-corrected chi connectivity index (χ0v) is 21.2. The van der Waals surface area contributed by atoms with Gasteiger partial charge in [0.25, 0.3) is 5.91 Å². The second kappa shape index (κ2) is 11.7. The van der Waals surface area contributed by atoms with E-state index in [9.17, 15) is 4.79 Å². The van der Waals surface area contributed by atoms with Crippen LogP contribution in [0.3, 0.4) is 0 Å². The average Bonchev–Trinajstić information content (AvgIpc) is 2.90. The summed E-state index contributed by atoms with van der Waals surface area (Å²) in [4.78, 5) is 29.7. The number of aromatic nitrogens is 3. The van der Waals surface area contributed by atoms with Crippen LogP contribution < -0.4 is 15.0 Å². The second-order valence-corrected chi connectivity index (χ2v) is 8.62. The van der Waals surface area contributed by atoms with Gasteiger partial charge in [0.1, 0.15) is 29.5 Å². The van der Waals surface area contributed by atoms with Crippen LogP contribution >= 0.6 is 0 Å². The van der Waals surface area contributed by atoms with Gasteiger partial charge in [-0.05, 0) is 62.1 Å². The van der Waals surface area contributed by atoms with Gasteiger partial charge < -0.3 is 24.6 Å². The Bertz CT molecular complexity index is 1280. The number of ether oxygens (including phenoxy) is 2. The summed E-state index contributed by atoms with van der Waals surface area (Å²) >= 11 is 0. The van der Waals surface area contributed by atoms with E-state index < -0.39 is 0 Å². The van der Waals surface area contributed by atoms with Gasteiger partial charge in [-0.2, -0.15) is 0 Å². The lowest BCUT2D eigenvalue weighted by molar-refractivity contribution is -0.125. The van der Waals surface area contributed by atoms with Crippen molar-refractivity contribution < 1.29 is 14.3 Å². The minimum Gasteiger partial charge on any atom is -0.488 e. The number of carbonyl (C=O) groups excluding carboxylic acids is 1. The predicted octanol–water partition coefficient (Wildman–Crippen LogP) is 3.55. The molecule has 0 saturated carbocycles. The third kappa shape index (κ3) is 5.83. The molecule has 3 aromatic rings. The lowest BCUT2D eigenvalue weighted by Gasteiger charge is -2.34. The highest BCUT2D eigenvalue weighted by molar-refractivity contribution is 5.93. The summed E-state index contributed by atoms with van der Waals surface area (Å²) in [5.41, 5.74) is 3.34. The largest absolute Gasteiger partial charge is 0.488 e. The van der Waals surface area contributed by atoms with Crippen molar-refractivity contribution in [2.75, 3.05) is 50.1 Å². The molecule has 36 heavy (non-hydrogen) atoms. The molecular formula is C27H32N6O3. The monoisotopic (exact) mass is 488 g/mol. The van der Waals surface area contributed by atoms with E-state index in [0.717, 1.165) is 34.8 Å². The molecule has 2 aromatic heterocycles. The van der Waals surface area contributed by atoms with Gasteiger partial charge in [-0.3, -0.25) is 4.79 Å². The summed E-state index contributed by atoms with van der Waals surface area (Å²) in [7, 11) is 1.68. The second-order valence-electron chi connectivity index (χ2n) is 8.62. The number of hydrogen-bond donors (Lipinski definition) is 1. The molecule has 1 atom stereocenters. The number of amides is 1. The molecule has 4 rings (SSSR count). The summed E-state index contributed by atoms with van der Waals surface area (Å²) in [6.45, 7) is 8.93. The number of fused-ring (bicyclic) bond motifs is 1. The van der Waals surface area contributed by atoms with Gasteiger partial charge in [-0.15, -0.1) is 0 Å². The fraction of sp³-hybridized carbons (Fsp3) is 0.407. The van der Waals surface area contributed by atoms with E-state index >= 15 is 0 Å². The first kappa shape index (κ1) is 25.2. The summed E-state index contributed by atoms with van der Waals surface area (Å²) in [6, 6.07) is 9.87. The fourth-order valence-corrected chi connectivity index (χ4v) is 4.12. The first-order valence-corrected chi connectivity index (χ1v) is 12.1. The van der Waals surface area contributed by atoms with Crippen molar-refractivity contribution in [1.29, 1.82) is 0 Å². The maximum atomic E-state index is 12.1. The number of nitrogens with zero attached hydrogens (tertiary/aromatic N) is 5. The number of aryl methyl sites for hydroxylation is 1. The van der Waals surface area contributed by atoms with Crippen LogP contribution in [0.1, 0.15) is 25.8 Å². The Hall–Kier alpha value is -3.90. The van der Waals surface area contributed by atoms with Crippen molar-refractivity contribution in [2.24, 2.45) is 0 Å². The maximum Gasteiger partial charge on any atom is 0.298 e. The minimum atomic E-state index is -0.126. The number of rotatable bonds is 8. The fourth-order valence-electron chi connectivity index (χ4n) is 4.12. The molecule has 0 aliphatic carbocycles. The third-order valence-electron chi connectivity index (χ3n) is 6.13. The van der Waals surface area contributed by atoms with E-state index in [0.29, 0.717) is 44.1 Å². The zero-order valence-electron chi connectivity index (χ0n) is 21.2. The smallest absolute Gasteiger partial charge is 0.298 e. The van der Waals surface area contributed by atoms with Crippen molar-refractivity contribution in [2.45, 2.75) is 33.3 Å². The maximum absolute atomic E-state index is 12.1. The number of piperazine rings is 1. The topological polar surface area (TPSA) is 92.7 Å². The van der Waals surface area contributed by atoms with Crippen LogP contribution in [0, 0.1) is 18.8 Å². The van der Waals surface area contributed by atoms with Gasteiger partial charge in [-0.1, -0.05) is 12.8 Å². The molecule has 1 aliphatic rings. The van der Waals surface area contributed by atoms with Gasteiger partial charge in [0.2, 0.25) is 0 Å². The minimum absolute atomic E-state index is 0.0144. The van der Waals surface area contributed by atoms with Gasteiger partial charge in [0.05, 0.1) is 12.1 Å². The van der Waals surface area contributed by atoms with Gasteiger partial charge in [0, 0.05) is 39.0 Å². The highest BCUT2D eigenvalue weighted by Crippen LogP contribution is 2.28. The van der Waals surface area contributed by atoms with Crippen molar-refractivity contribution in [3.8, 4) is 17.6 Å². The van der Waals surface area contributed by atoms with E-state index in [2.05, 4.69) is 38.9 Å². The zero-order chi connectivity index (χ0) is 25.5. The molecule has 0 spiro atoms. The molecule has 1 N–H and O–H groups in total. The Balaban J connectivity index is 1.51. The third-order valence-corrected chi connectivity index (χ3v) is 6.13. The van der Waals surface area contributed by atoms with Crippen LogP contribution in [0.25, 0.3) is 11.0 Å². The highest BCUT2D eigenvalue weighted by Gasteiger charge is 2.21. The molecule has 9 heteroatoms. The van der Waals surface area contributed by atoms with E-state index in [1.54, 1.807) is 18.9 Å².